The lowest BCUT2D eigenvalue weighted by Crippen LogP contribution is -2.38. The smallest absolute Gasteiger partial charge is 0.261 e. The van der Waals surface area contributed by atoms with Crippen molar-refractivity contribution in [2.24, 2.45) is 0 Å². The van der Waals surface area contributed by atoms with Crippen molar-refractivity contribution in [2.45, 2.75) is 26.9 Å². The first-order chi connectivity index (χ1) is 16.0. The van der Waals surface area contributed by atoms with Gasteiger partial charge in [0.15, 0.2) is 11.5 Å². The Hall–Kier alpha value is -3.10. The van der Waals surface area contributed by atoms with Gasteiger partial charge in [-0.15, -0.1) is 0 Å². The fourth-order valence-corrected chi connectivity index (χ4v) is 4.17. The van der Waals surface area contributed by atoms with E-state index >= 15 is 0 Å². The molecule has 0 radical (unpaired) electrons. The van der Waals surface area contributed by atoms with Crippen LogP contribution in [0.4, 0.5) is 0 Å². The molecule has 8 heteroatoms. The van der Waals surface area contributed by atoms with Crippen molar-refractivity contribution in [3.05, 3.63) is 57.6 Å². The third kappa shape index (κ3) is 4.96. The van der Waals surface area contributed by atoms with Crippen molar-refractivity contribution in [2.75, 3.05) is 47.1 Å². The zero-order valence-corrected chi connectivity index (χ0v) is 19.7. The number of hydrogen-bond donors (Lipinski definition) is 0. The molecule has 2 aromatic carbocycles. The summed E-state index contributed by atoms with van der Waals surface area (Å²) in [5, 5.41) is 0.491. The highest BCUT2D eigenvalue weighted by atomic mass is 16.5. The van der Waals surface area contributed by atoms with Gasteiger partial charge in [0, 0.05) is 19.2 Å². The minimum atomic E-state index is -0.116. The number of aryl methyl sites for hydroxylation is 2. The first-order valence-corrected chi connectivity index (χ1v) is 11.2. The molecule has 1 saturated heterocycles. The molecule has 0 amide bonds. The Bertz CT molecular complexity index is 1160. The molecule has 1 fully saturated rings. The van der Waals surface area contributed by atoms with Gasteiger partial charge in [-0.3, -0.25) is 14.3 Å². The lowest BCUT2D eigenvalue weighted by atomic mass is 10.1. The molecule has 2 heterocycles. The third-order valence-electron chi connectivity index (χ3n) is 5.98. The number of aromatic nitrogens is 2. The standard InChI is InChI=1S/C25H31N3O5/c1-17-6-5-7-18(2)24(17)33-13-10-28-23(16-27-8-11-32-12-9-27)26-20-15-22(31-4)21(30-3)14-19(20)25(28)29/h5-7,14-15H,8-13,16H2,1-4H3. The first kappa shape index (κ1) is 23.1. The summed E-state index contributed by atoms with van der Waals surface area (Å²) in [5.74, 6) is 2.61. The minimum Gasteiger partial charge on any atom is -0.493 e. The van der Waals surface area contributed by atoms with E-state index in [-0.39, 0.29) is 5.56 Å². The molecule has 33 heavy (non-hydrogen) atoms. The van der Waals surface area contributed by atoms with Crippen LogP contribution >= 0.6 is 0 Å². The van der Waals surface area contributed by atoms with Crippen LogP contribution in [0.2, 0.25) is 0 Å². The molecule has 0 aliphatic carbocycles. The number of hydrogen-bond acceptors (Lipinski definition) is 7. The van der Waals surface area contributed by atoms with Gasteiger partial charge < -0.3 is 18.9 Å². The second-order valence-corrected chi connectivity index (χ2v) is 8.17. The van der Waals surface area contributed by atoms with Crippen LogP contribution in [0.1, 0.15) is 17.0 Å². The maximum absolute atomic E-state index is 13.6. The highest BCUT2D eigenvalue weighted by Crippen LogP contribution is 2.30. The van der Waals surface area contributed by atoms with E-state index in [0.29, 0.717) is 61.1 Å². The van der Waals surface area contributed by atoms with Crippen LogP contribution in [0.5, 0.6) is 17.2 Å². The van der Waals surface area contributed by atoms with E-state index in [1.165, 1.54) is 0 Å². The van der Waals surface area contributed by atoms with Gasteiger partial charge in [0.25, 0.3) is 5.56 Å². The van der Waals surface area contributed by atoms with E-state index in [1.807, 2.05) is 32.0 Å². The van der Waals surface area contributed by atoms with Gasteiger partial charge in [0.1, 0.15) is 18.2 Å². The summed E-state index contributed by atoms with van der Waals surface area (Å²) in [6, 6.07) is 9.52. The third-order valence-corrected chi connectivity index (χ3v) is 5.98. The number of benzene rings is 2. The summed E-state index contributed by atoms with van der Waals surface area (Å²) < 4.78 is 24.1. The number of methoxy groups -OCH3 is 2. The molecule has 0 unspecified atom stereocenters. The molecule has 0 atom stereocenters. The molecule has 8 nitrogen and oxygen atoms in total. The Morgan fingerprint density at radius 1 is 1.03 bits per heavy atom. The molecule has 1 aliphatic rings. The van der Waals surface area contributed by atoms with Gasteiger partial charge in [-0.2, -0.15) is 0 Å². The van der Waals surface area contributed by atoms with Crippen LogP contribution in [0.3, 0.4) is 0 Å². The Kier molecular flexibility index (Phi) is 7.15. The molecule has 1 aromatic heterocycles. The fraction of sp³-hybridized carbons (Fsp3) is 0.440. The number of fused-ring (bicyclic) bond motifs is 1. The highest BCUT2D eigenvalue weighted by Gasteiger charge is 2.19. The molecular formula is C25H31N3O5. The molecular weight excluding hydrogens is 422 g/mol. The summed E-state index contributed by atoms with van der Waals surface area (Å²) in [6.45, 7) is 8.33. The zero-order chi connectivity index (χ0) is 23.4. The molecule has 3 aromatic rings. The van der Waals surface area contributed by atoms with Crippen molar-refractivity contribution in [1.29, 1.82) is 0 Å². The summed E-state index contributed by atoms with van der Waals surface area (Å²) in [7, 11) is 3.13. The Balaban J connectivity index is 1.70. The number of rotatable bonds is 8. The average Bonchev–Trinajstić information content (AvgIpc) is 2.82. The quantitative estimate of drug-likeness (QED) is 0.519. The predicted molar refractivity (Wildman–Crippen MR) is 127 cm³/mol. The van der Waals surface area contributed by atoms with Crippen molar-refractivity contribution in [1.82, 2.24) is 14.5 Å². The van der Waals surface area contributed by atoms with Crippen LogP contribution in [0, 0.1) is 13.8 Å². The SMILES string of the molecule is COc1cc2nc(CN3CCOCC3)n(CCOc3c(C)cccc3C)c(=O)c2cc1OC. The Morgan fingerprint density at radius 3 is 2.36 bits per heavy atom. The van der Waals surface area contributed by atoms with Crippen LogP contribution in [-0.4, -0.2) is 61.6 Å². The van der Waals surface area contributed by atoms with Crippen LogP contribution in [-0.2, 0) is 17.8 Å². The summed E-state index contributed by atoms with van der Waals surface area (Å²) in [4.78, 5) is 20.7. The van der Waals surface area contributed by atoms with E-state index in [0.717, 1.165) is 30.0 Å². The van der Waals surface area contributed by atoms with Gasteiger partial charge in [-0.05, 0) is 31.0 Å². The van der Waals surface area contributed by atoms with Crippen molar-refractivity contribution < 1.29 is 18.9 Å². The lowest BCUT2D eigenvalue weighted by molar-refractivity contribution is 0.0323. The molecule has 0 N–H and O–H groups in total. The molecule has 4 rings (SSSR count). The lowest BCUT2D eigenvalue weighted by Gasteiger charge is -2.27. The van der Waals surface area contributed by atoms with Crippen molar-refractivity contribution in [3.8, 4) is 17.2 Å². The van der Waals surface area contributed by atoms with E-state index < -0.39 is 0 Å². The van der Waals surface area contributed by atoms with E-state index in [2.05, 4.69) is 4.90 Å². The number of nitrogens with zero attached hydrogens (tertiary/aromatic N) is 3. The maximum atomic E-state index is 13.6. The molecule has 0 bridgehead atoms. The van der Waals surface area contributed by atoms with Crippen LogP contribution in [0.25, 0.3) is 10.9 Å². The number of para-hydroxylation sites is 1. The summed E-state index contributed by atoms with van der Waals surface area (Å²) in [6.07, 6.45) is 0. The molecule has 0 saturated carbocycles. The normalized spacial score (nSPS) is 14.4. The second kappa shape index (κ2) is 10.2. The summed E-state index contributed by atoms with van der Waals surface area (Å²) >= 11 is 0. The van der Waals surface area contributed by atoms with Gasteiger partial charge >= 0.3 is 0 Å². The van der Waals surface area contributed by atoms with Crippen molar-refractivity contribution in [3.63, 3.8) is 0 Å². The monoisotopic (exact) mass is 453 g/mol. The van der Waals surface area contributed by atoms with Crippen molar-refractivity contribution >= 4 is 10.9 Å². The number of morpholine rings is 1. The van der Waals surface area contributed by atoms with Crippen LogP contribution < -0.4 is 19.8 Å². The van der Waals surface area contributed by atoms with E-state index in [1.54, 1.807) is 30.9 Å². The van der Waals surface area contributed by atoms with E-state index in [9.17, 15) is 4.79 Å². The Labute approximate surface area is 193 Å². The Morgan fingerprint density at radius 2 is 1.70 bits per heavy atom. The van der Waals surface area contributed by atoms with Crippen LogP contribution in [0.15, 0.2) is 35.1 Å². The molecule has 1 aliphatic heterocycles. The fourth-order valence-electron chi connectivity index (χ4n) is 4.17. The molecule has 176 valence electrons. The maximum Gasteiger partial charge on any atom is 0.261 e. The second-order valence-electron chi connectivity index (χ2n) is 8.17. The first-order valence-electron chi connectivity index (χ1n) is 11.2. The summed E-state index contributed by atoms with van der Waals surface area (Å²) in [5.41, 5.74) is 2.62. The highest BCUT2D eigenvalue weighted by molar-refractivity contribution is 5.82. The van der Waals surface area contributed by atoms with Gasteiger partial charge in [0.05, 0.1) is 51.4 Å². The van der Waals surface area contributed by atoms with Gasteiger partial charge in [0.2, 0.25) is 0 Å². The predicted octanol–water partition coefficient (Wildman–Crippen LogP) is 2.94. The number of ether oxygens (including phenoxy) is 4. The van der Waals surface area contributed by atoms with Gasteiger partial charge in [-0.25, -0.2) is 4.98 Å². The van der Waals surface area contributed by atoms with Gasteiger partial charge in [-0.1, -0.05) is 18.2 Å². The van der Waals surface area contributed by atoms with E-state index in [4.69, 9.17) is 23.9 Å². The zero-order valence-electron chi connectivity index (χ0n) is 19.7. The topological polar surface area (TPSA) is 75.0 Å². The minimum absolute atomic E-state index is 0.116. The largest absolute Gasteiger partial charge is 0.493 e. The molecule has 0 spiro atoms. The average molecular weight is 454 g/mol.